The average Bonchev–Trinajstić information content (AvgIpc) is 2.54. The summed E-state index contributed by atoms with van der Waals surface area (Å²) in [7, 11) is 0. The van der Waals surface area contributed by atoms with Crippen molar-refractivity contribution in [2.45, 2.75) is 12.8 Å². The summed E-state index contributed by atoms with van der Waals surface area (Å²) >= 11 is 0. The first kappa shape index (κ1) is 11.6. The van der Waals surface area contributed by atoms with Gasteiger partial charge >= 0.3 is 0 Å². The number of rotatable bonds is 4. The zero-order chi connectivity index (χ0) is 12.4. The SMILES string of the molecule is Nc1ccc2c(c1)C(=O)N(CCCCO)C2=O. The molecule has 0 radical (unpaired) electrons. The van der Waals surface area contributed by atoms with Crippen LogP contribution in [-0.2, 0) is 0 Å². The number of anilines is 1. The third-order valence-electron chi connectivity index (χ3n) is 2.78. The topological polar surface area (TPSA) is 83.6 Å². The standard InChI is InChI=1S/C12H14N2O3/c13-8-3-4-9-10(7-8)12(17)14(11(9)16)5-1-2-6-15/h3-4,7,15H,1-2,5-6,13H2. The molecule has 0 bridgehead atoms. The lowest BCUT2D eigenvalue weighted by Crippen LogP contribution is -2.30. The summed E-state index contributed by atoms with van der Waals surface area (Å²) < 4.78 is 0. The number of nitrogens with zero attached hydrogens (tertiary/aromatic N) is 1. The van der Waals surface area contributed by atoms with E-state index in [2.05, 4.69) is 0 Å². The predicted molar refractivity (Wildman–Crippen MR) is 62.5 cm³/mol. The molecule has 2 amide bonds. The fraction of sp³-hybridized carbons (Fsp3) is 0.333. The number of hydrogen-bond donors (Lipinski definition) is 2. The Kier molecular flexibility index (Phi) is 3.10. The van der Waals surface area contributed by atoms with Gasteiger partial charge in [-0.25, -0.2) is 0 Å². The Morgan fingerprint density at radius 3 is 2.53 bits per heavy atom. The number of carbonyl (C=O) groups excluding carboxylic acids is 2. The van der Waals surface area contributed by atoms with Crippen molar-refractivity contribution in [3.63, 3.8) is 0 Å². The highest BCUT2D eigenvalue weighted by Gasteiger charge is 2.34. The largest absolute Gasteiger partial charge is 0.399 e. The lowest BCUT2D eigenvalue weighted by atomic mass is 10.1. The van der Waals surface area contributed by atoms with Crippen LogP contribution in [0.2, 0.25) is 0 Å². The molecule has 0 aromatic heterocycles. The van der Waals surface area contributed by atoms with E-state index in [4.69, 9.17) is 10.8 Å². The van der Waals surface area contributed by atoms with Crippen LogP contribution in [0.25, 0.3) is 0 Å². The molecule has 0 saturated heterocycles. The number of benzene rings is 1. The Hall–Kier alpha value is -1.88. The first-order valence-corrected chi connectivity index (χ1v) is 5.51. The minimum atomic E-state index is -0.296. The Balaban J connectivity index is 2.20. The zero-order valence-corrected chi connectivity index (χ0v) is 9.35. The molecule has 0 spiro atoms. The molecule has 5 nitrogen and oxygen atoms in total. The van der Waals surface area contributed by atoms with E-state index in [1.54, 1.807) is 12.1 Å². The van der Waals surface area contributed by atoms with Gasteiger partial charge < -0.3 is 10.8 Å². The van der Waals surface area contributed by atoms with Crippen LogP contribution >= 0.6 is 0 Å². The fourth-order valence-corrected chi connectivity index (χ4v) is 1.89. The summed E-state index contributed by atoms with van der Waals surface area (Å²) in [6.07, 6.45) is 1.19. The summed E-state index contributed by atoms with van der Waals surface area (Å²) in [6, 6.07) is 4.72. The van der Waals surface area contributed by atoms with Crippen LogP contribution in [0.15, 0.2) is 18.2 Å². The number of unbranched alkanes of at least 4 members (excludes halogenated alkanes) is 1. The second-order valence-corrected chi connectivity index (χ2v) is 4.00. The molecular weight excluding hydrogens is 220 g/mol. The monoisotopic (exact) mass is 234 g/mol. The lowest BCUT2D eigenvalue weighted by Gasteiger charge is -2.12. The second kappa shape index (κ2) is 4.55. The van der Waals surface area contributed by atoms with Crippen molar-refractivity contribution in [3.8, 4) is 0 Å². The van der Waals surface area contributed by atoms with Gasteiger partial charge in [0.15, 0.2) is 0 Å². The number of amides is 2. The first-order valence-electron chi connectivity index (χ1n) is 5.51. The minimum Gasteiger partial charge on any atom is -0.399 e. The van der Waals surface area contributed by atoms with Gasteiger partial charge in [-0.2, -0.15) is 0 Å². The zero-order valence-electron chi connectivity index (χ0n) is 9.35. The van der Waals surface area contributed by atoms with Crippen molar-refractivity contribution in [1.82, 2.24) is 4.90 Å². The summed E-state index contributed by atoms with van der Waals surface area (Å²) in [4.78, 5) is 25.1. The highest BCUT2D eigenvalue weighted by Crippen LogP contribution is 2.24. The van der Waals surface area contributed by atoms with Gasteiger partial charge in [-0.1, -0.05) is 0 Å². The van der Waals surface area contributed by atoms with Crippen LogP contribution in [0.3, 0.4) is 0 Å². The molecule has 5 heteroatoms. The van der Waals surface area contributed by atoms with Crippen LogP contribution in [0.1, 0.15) is 33.6 Å². The van der Waals surface area contributed by atoms with E-state index in [0.717, 1.165) is 0 Å². The van der Waals surface area contributed by atoms with Crippen molar-refractivity contribution in [1.29, 1.82) is 0 Å². The molecule has 3 N–H and O–H groups in total. The van der Waals surface area contributed by atoms with Crippen molar-refractivity contribution in [2.24, 2.45) is 0 Å². The molecular formula is C12H14N2O3. The van der Waals surface area contributed by atoms with E-state index >= 15 is 0 Å². The Morgan fingerprint density at radius 2 is 1.82 bits per heavy atom. The van der Waals surface area contributed by atoms with E-state index in [-0.39, 0.29) is 18.4 Å². The molecule has 0 saturated carbocycles. The maximum atomic E-state index is 11.9. The van der Waals surface area contributed by atoms with Crippen molar-refractivity contribution < 1.29 is 14.7 Å². The highest BCUT2D eigenvalue weighted by molar-refractivity contribution is 6.21. The molecule has 1 heterocycles. The van der Waals surface area contributed by atoms with Crippen LogP contribution in [-0.4, -0.2) is 35.0 Å². The van der Waals surface area contributed by atoms with Crippen LogP contribution in [0.5, 0.6) is 0 Å². The Morgan fingerprint density at radius 1 is 1.12 bits per heavy atom. The summed E-state index contributed by atoms with van der Waals surface area (Å²) in [6.45, 7) is 0.406. The number of imide groups is 1. The van der Waals surface area contributed by atoms with Crippen molar-refractivity contribution in [3.05, 3.63) is 29.3 Å². The number of fused-ring (bicyclic) bond motifs is 1. The number of hydrogen-bond acceptors (Lipinski definition) is 4. The van der Waals surface area contributed by atoms with Gasteiger partial charge in [-0.3, -0.25) is 14.5 Å². The summed E-state index contributed by atoms with van der Waals surface area (Å²) in [5.41, 5.74) is 6.85. The van der Waals surface area contributed by atoms with Gasteiger partial charge in [-0.15, -0.1) is 0 Å². The van der Waals surface area contributed by atoms with Gasteiger partial charge in [0.1, 0.15) is 0 Å². The quantitative estimate of drug-likeness (QED) is 0.455. The summed E-state index contributed by atoms with van der Waals surface area (Å²) in [5.74, 6) is -0.571. The van der Waals surface area contributed by atoms with E-state index in [0.29, 0.717) is 36.2 Å². The van der Waals surface area contributed by atoms with E-state index < -0.39 is 0 Å². The number of nitrogens with two attached hydrogens (primary N) is 1. The normalized spacial score (nSPS) is 14.3. The molecule has 1 aliphatic rings. The molecule has 2 rings (SSSR count). The number of nitrogen functional groups attached to an aromatic ring is 1. The number of carbonyl (C=O) groups is 2. The van der Waals surface area contributed by atoms with Gasteiger partial charge in [0.25, 0.3) is 11.8 Å². The number of aliphatic hydroxyl groups excluding tert-OH is 1. The van der Waals surface area contributed by atoms with Gasteiger partial charge in [0, 0.05) is 18.8 Å². The summed E-state index contributed by atoms with van der Waals surface area (Å²) in [5, 5.41) is 8.68. The molecule has 0 fully saturated rings. The Labute approximate surface area is 98.8 Å². The molecule has 1 aromatic carbocycles. The first-order chi connectivity index (χ1) is 8.15. The molecule has 0 aliphatic carbocycles. The molecule has 17 heavy (non-hydrogen) atoms. The Bertz CT molecular complexity index is 471. The molecule has 0 unspecified atom stereocenters. The molecule has 1 aromatic rings. The van der Waals surface area contributed by atoms with Gasteiger partial charge in [-0.05, 0) is 31.0 Å². The fourth-order valence-electron chi connectivity index (χ4n) is 1.89. The predicted octanol–water partition coefficient (Wildman–Crippen LogP) is 0.637. The average molecular weight is 234 g/mol. The van der Waals surface area contributed by atoms with Crippen LogP contribution < -0.4 is 5.73 Å². The van der Waals surface area contributed by atoms with Crippen molar-refractivity contribution >= 4 is 17.5 Å². The smallest absolute Gasteiger partial charge is 0.261 e. The minimum absolute atomic E-state index is 0.0656. The van der Waals surface area contributed by atoms with E-state index in [1.165, 1.54) is 11.0 Å². The van der Waals surface area contributed by atoms with Crippen LogP contribution in [0, 0.1) is 0 Å². The van der Waals surface area contributed by atoms with Gasteiger partial charge in [0.2, 0.25) is 0 Å². The lowest BCUT2D eigenvalue weighted by molar-refractivity contribution is 0.0649. The van der Waals surface area contributed by atoms with Gasteiger partial charge in [0.05, 0.1) is 11.1 Å². The second-order valence-electron chi connectivity index (χ2n) is 4.00. The third kappa shape index (κ3) is 2.01. The van der Waals surface area contributed by atoms with E-state index in [1.807, 2.05) is 0 Å². The molecule has 90 valence electrons. The number of aliphatic hydroxyl groups is 1. The molecule has 1 aliphatic heterocycles. The van der Waals surface area contributed by atoms with Crippen molar-refractivity contribution in [2.75, 3.05) is 18.9 Å². The maximum absolute atomic E-state index is 11.9. The van der Waals surface area contributed by atoms with E-state index in [9.17, 15) is 9.59 Å². The van der Waals surface area contributed by atoms with Crippen LogP contribution in [0.4, 0.5) is 5.69 Å². The highest BCUT2D eigenvalue weighted by atomic mass is 16.3. The maximum Gasteiger partial charge on any atom is 0.261 e. The molecule has 0 atom stereocenters. The third-order valence-corrected chi connectivity index (χ3v) is 2.78.